The topological polar surface area (TPSA) is 113 Å². The second kappa shape index (κ2) is 24.7. The molecule has 0 aliphatic carbocycles. The Bertz CT molecular complexity index is 1720. The molecule has 1 aromatic rings. The van der Waals surface area contributed by atoms with Crippen molar-refractivity contribution in [1.29, 1.82) is 0 Å². The number of hydrogen-bond acceptors (Lipinski definition) is 11. The average Bonchev–Trinajstić information content (AvgIpc) is 3.76. The Morgan fingerprint density at radius 2 is 1.49 bits per heavy atom. The molecule has 3 aliphatic heterocycles. The van der Waals surface area contributed by atoms with Gasteiger partial charge in [0.25, 0.3) is 0 Å². The lowest BCUT2D eigenvalue weighted by Crippen LogP contribution is -2.62. The zero-order chi connectivity index (χ0) is 51.0. The van der Waals surface area contributed by atoms with Crippen molar-refractivity contribution in [2.45, 2.75) is 237 Å². The Morgan fingerprint density at radius 3 is 2.03 bits per heavy atom. The molecule has 0 bridgehead atoms. The molecule has 1 aromatic carbocycles. The maximum absolute atomic E-state index is 12.3. The van der Waals surface area contributed by atoms with Gasteiger partial charge in [0, 0.05) is 33.4 Å². The monoisotopic (exact) mass is 1010 g/mol. The minimum atomic E-state index is -2.31. The van der Waals surface area contributed by atoms with Crippen LogP contribution in [0.15, 0.2) is 48.6 Å². The minimum absolute atomic E-state index is 0.00320. The smallest absolute Gasteiger partial charge is 0.192 e. The van der Waals surface area contributed by atoms with Gasteiger partial charge in [0.05, 0.1) is 81.9 Å². The number of hydrogen-bond donors (Lipinski definition) is 1. The Kier molecular flexibility index (Phi) is 21.5. The third-order valence-corrected chi connectivity index (χ3v) is 26.1. The molecule has 0 spiro atoms. The van der Waals surface area contributed by atoms with Crippen molar-refractivity contribution in [1.82, 2.24) is 0 Å². The molecule has 0 saturated carbocycles. The van der Waals surface area contributed by atoms with E-state index in [0.29, 0.717) is 39.1 Å². The molecule has 0 radical (unpaired) electrons. The van der Waals surface area contributed by atoms with Crippen LogP contribution in [0.25, 0.3) is 0 Å². The first-order chi connectivity index (χ1) is 31.3. The first-order valence-electron chi connectivity index (χ1n) is 25.7. The fourth-order valence-electron chi connectivity index (χ4n) is 8.80. The van der Waals surface area contributed by atoms with Crippen LogP contribution in [-0.4, -0.2) is 124 Å². The molecule has 4 rings (SSSR count). The SMILES string of the molecule is C=C([C@H](C)C[C@H](CC[C@@H]1O[C@@H](COCOCC[Si](C)(C)C)CC1=C)OCc1ccc(OC)cc1)[C@H](O)C[C@@H]1O[C@@H](C[C@@H]2COC(C)(C)O2)[C@@H](O[Si](C)(C)C(C)(C)C)[C@H](C)[C@H]1O[Si](C)(C)C(C)(C)C. The van der Waals surface area contributed by atoms with E-state index in [1.807, 2.05) is 38.1 Å². The molecule has 11 nitrogen and oxygen atoms in total. The van der Waals surface area contributed by atoms with E-state index in [9.17, 15) is 5.11 Å². The molecular weight excluding hydrogens is 909 g/mol. The summed E-state index contributed by atoms with van der Waals surface area (Å²) < 4.78 is 64.7. The van der Waals surface area contributed by atoms with Gasteiger partial charge in [-0.1, -0.05) is 100 Å². The molecule has 392 valence electrons. The third-order valence-electron chi connectivity index (χ3n) is 15.5. The van der Waals surface area contributed by atoms with Crippen molar-refractivity contribution >= 4 is 24.7 Å². The summed E-state index contributed by atoms with van der Waals surface area (Å²) in [6.07, 6.45) is 1.49. The second-order valence-corrected chi connectivity index (χ2v) is 40.2. The van der Waals surface area contributed by atoms with E-state index in [-0.39, 0.29) is 71.4 Å². The average molecular weight is 1010 g/mol. The quantitative estimate of drug-likeness (QED) is 0.0414. The summed E-state index contributed by atoms with van der Waals surface area (Å²) in [4.78, 5) is 0. The third kappa shape index (κ3) is 17.8. The highest BCUT2D eigenvalue weighted by Crippen LogP contribution is 2.46. The molecule has 0 amide bonds. The Morgan fingerprint density at radius 1 is 0.882 bits per heavy atom. The van der Waals surface area contributed by atoms with Gasteiger partial charge in [-0.05, 0) is 117 Å². The van der Waals surface area contributed by atoms with Crippen LogP contribution in [0.2, 0.25) is 61.9 Å². The van der Waals surface area contributed by atoms with Crippen LogP contribution in [0.3, 0.4) is 0 Å². The van der Waals surface area contributed by atoms with E-state index in [0.717, 1.165) is 54.4 Å². The van der Waals surface area contributed by atoms with Gasteiger partial charge in [0.2, 0.25) is 0 Å². The number of rotatable bonds is 26. The molecule has 1 N–H and O–H groups in total. The first kappa shape index (κ1) is 59.3. The van der Waals surface area contributed by atoms with Crippen LogP contribution >= 0.6 is 0 Å². The van der Waals surface area contributed by atoms with Crippen LogP contribution in [-0.2, 0) is 48.6 Å². The van der Waals surface area contributed by atoms with Gasteiger partial charge >= 0.3 is 0 Å². The minimum Gasteiger partial charge on any atom is -0.497 e. The van der Waals surface area contributed by atoms with Gasteiger partial charge in [0.15, 0.2) is 22.4 Å². The van der Waals surface area contributed by atoms with Crippen molar-refractivity contribution in [3.8, 4) is 5.75 Å². The van der Waals surface area contributed by atoms with E-state index < -0.39 is 42.7 Å². The Hall–Kier alpha value is -1.25. The van der Waals surface area contributed by atoms with Gasteiger partial charge in [-0.15, -0.1) is 0 Å². The predicted octanol–water partition coefficient (Wildman–Crippen LogP) is 12.5. The van der Waals surface area contributed by atoms with Crippen LogP contribution in [0.5, 0.6) is 5.75 Å². The number of aliphatic hydroxyl groups excluding tert-OH is 1. The molecule has 3 fully saturated rings. The molecule has 0 aromatic heterocycles. The molecular formula is C54H98O11Si3. The summed E-state index contributed by atoms with van der Waals surface area (Å²) in [7, 11) is -4.05. The summed E-state index contributed by atoms with van der Waals surface area (Å²) in [6.45, 7) is 49.7. The Labute approximate surface area is 417 Å². The van der Waals surface area contributed by atoms with Crippen molar-refractivity contribution in [3.63, 3.8) is 0 Å². The van der Waals surface area contributed by atoms with E-state index in [4.69, 9.17) is 46.7 Å². The maximum atomic E-state index is 12.3. The van der Waals surface area contributed by atoms with Crippen molar-refractivity contribution in [2.75, 3.05) is 33.7 Å². The molecule has 68 heavy (non-hydrogen) atoms. The lowest BCUT2D eigenvalue weighted by atomic mass is 9.82. The fraction of sp³-hybridized carbons (Fsp3) is 0.815. The zero-order valence-corrected chi connectivity index (χ0v) is 49.1. The maximum Gasteiger partial charge on any atom is 0.192 e. The lowest BCUT2D eigenvalue weighted by molar-refractivity contribution is -0.205. The molecule has 3 heterocycles. The molecule has 3 saturated heterocycles. The van der Waals surface area contributed by atoms with Gasteiger partial charge in [-0.25, -0.2) is 0 Å². The fourth-order valence-corrected chi connectivity index (χ4v) is 12.4. The summed E-state index contributed by atoms with van der Waals surface area (Å²) >= 11 is 0. The summed E-state index contributed by atoms with van der Waals surface area (Å²) in [5.74, 6) is 0.0725. The lowest BCUT2D eigenvalue weighted by Gasteiger charge is -2.53. The Balaban J connectivity index is 1.51. The van der Waals surface area contributed by atoms with Crippen LogP contribution in [0.4, 0.5) is 0 Å². The van der Waals surface area contributed by atoms with Gasteiger partial charge in [-0.2, -0.15) is 0 Å². The second-order valence-electron chi connectivity index (χ2n) is 25.1. The predicted molar refractivity (Wildman–Crippen MR) is 283 cm³/mol. The molecule has 14 heteroatoms. The standard InChI is InChI=1S/C54H98O11Si3/c1-37(29-43(59-33-41-21-23-42(56-13)24-22-41)25-26-47-38(2)30-44(61-47)34-58-36-57-27-28-66(14,15)16)39(3)46(55)32-49-51(65-68(19,20)53(8,9)10)40(4)50(64-67(17,18)52(5,6)7)48(62-49)31-45-35-60-54(11,12)63-45/h21-24,37,40,43-51,55H,2-3,25-36H2,1,4-20H3/t37-,40+,43+,44-,45-,46-,47+,48+,49+,50+,51-/m1/s1. The highest BCUT2D eigenvalue weighted by atomic mass is 28.4. The highest BCUT2D eigenvalue weighted by Gasteiger charge is 2.53. The molecule has 0 unspecified atom stereocenters. The van der Waals surface area contributed by atoms with E-state index in [2.05, 4.69) is 114 Å². The number of benzene rings is 1. The van der Waals surface area contributed by atoms with Gasteiger partial charge in [-0.3, -0.25) is 0 Å². The van der Waals surface area contributed by atoms with Gasteiger partial charge in [0.1, 0.15) is 12.5 Å². The van der Waals surface area contributed by atoms with Crippen LogP contribution < -0.4 is 4.74 Å². The zero-order valence-electron chi connectivity index (χ0n) is 46.1. The summed E-state index contributed by atoms with van der Waals surface area (Å²) in [6, 6.07) is 9.12. The van der Waals surface area contributed by atoms with Crippen LogP contribution in [0, 0.1) is 11.8 Å². The highest BCUT2D eigenvalue weighted by molar-refractivity contribution is 6.76. The summed E-state index contributed by atoms with van der Waals surface area (Å²) in [5, 5.41) is 12.3. The number of methoxy groups -OCH3 is 1. The number of ether oxygens (including phenoxy) is 8. The van der Waals surface area contributed by atoms with E-state index >= 15 is 0 Å². The first-order valence-corrected chi connectivity index (χ1v) is 35.3. The molecule has 3 aliphatic rings. The normalized spacial score (nSPS) is 27.6. The van der Waals surface area contributed by atoms with E-state index in [1.165, 1.54) is 0 Å². The van der Waals surface area contributed by atoms with Crippen molar-refractivity contribution in [2.24, 2.45) is 11.8 Å². The van der Waals surface area contributed by atoms with E-state index in [1.54, 1.807) is 7.11 Å². The largest absolute Gasteiger partial charge is 0.497 e. The van der Waals surface area contributed by atoms with Gasteiger partial charge < -0.3 is 51.9 Å². The van der Waals surface area contributed by atoms with Crippen molar-refractivity contribution < 1.29 is 51.9 Å². The van der Waals surface area contributed by atoms with Crippen molar-refractivity contribution in [3.05, 3.63) is 54.1 Å². The van der Waals surface area contributed by atoms with Crippen LogP contribution in [0.1, 0.15) is 113 Å². The summed E-state index contributed by atoms with van der Waals surface area (Å²) in [5.41, 5.74) is 2.91. The number of aliphatic hydroxyl groups is 1. The molecule has 11 atom stereocenters.